The van der Waals surface area contributed by atoms with Gasteiger partial charge in [0.2, 0.25) is 0 Å². The molecule has 0 unspecified atom stereocenters. The number of anilines is 3. The van der Waals surface area contributed by atoms with E-state index in [0.29, 0.717) is 28.2 Å². The molecule has 0 fully saturated rings. The number of hydrogen-bond acceptors (Lipinski definition) is 6. The van der Waals surface area contributed by atoms with Crippen molar-refractivity contribution in [1.29, 1.82) is 5.41 Å². The van der Waals surface area contributed by atoms with Gasteiger partial charge < -0.3 is 22.2 Å². The van der Waals surface area contributed by atoms with E-state index in [-0.39, 0.29) is 5.91 Å². The van der Waals surface area contributed by atoms with E-state index in [0.717, 1.165) is 20.5 Å². The van der Waals surface area contributed by atoms with Crippen LogP contribution in [-0.4, -0.2) is 17.1 Å². The summed E-state index contributed by atoms with van der Waals surface area (Å²) in [6.45, 7) is 0. The van der Waals surface area contributed by atoms with Gasteiger partial charge in [-0.3, -0.25) is 9.78 Å². The van der Waals surface area contributed by atoms with Crippen LogP contribution in [-0.2, 0) is 0 Å². The monoisotopic (exact) mass is 387 g/mol. The zero-order valence-electron chi connectivity index (χ0n) is 14.8. The number of carbonyl (C=O) groups excluding carboxylic acids is 1. The molecule has 0 radical (unpaired) electrons. The summed E-state index contributed by atoms with van der Waals surface area (Å²) in [5.74, 6) is -0.345. The SMILES string of the molecule is N=Cc1cc(NC(=O)c2ccncc2N)cc(-c2cc3ccccc3s2)c1N. The van der Waals surface area contributed by atoms with Gasteiger partial charge in [0.25, 0.3) is 5.91 Å². The molecule has 4 rings (SSSR count). The Morgan fingerprint density at radius 1 is 1.14 bits per heavy atom. The van der Waals surface area contributed by atoms with E-state index in [4.69, 9.17) is 16.9 Å². The minimum absolute atomic E-state index is 0.299. The van der Waals surface area contributed by atoms with Crippen molar-refractivity contribution in [3.05, 3.63) is 72.1 Å². The highest BCUT2D eigenvalue weighted by molar-refractivity contribution is 7.22. The molecule has 0 aliphatic rings. The molecule has 2 aromatic heterocycles. The summed E-state index contributed by atoms with van der Waals surface area (Å²) in [5.41, 5.74) is 15.1. The lowest BCUT2D eigenvalue weighted by molar-refractivity contribution is 0.102. The van der Waals surface area contributed by atoms with Gasteiger partial charge in [-0.2, -0.15) is 0 Å². The number of thiophene rings is 1. The fourth-order valence-electron chi connectivity index (χ4n) is 3.00. The van der Waals surface area contributed by atoms with Crippen LogP contribution in [0, 0.1) is 5.41 Å². The minimum atomic E-state index is -0.345. The first-order valence-corrected chi connectivity index (χ1v) is 9.32. The maximum atomic E-state index is 12.6. The highest BCUT2D eigenvalue weighted by Gasteiger charge is 2.15. The molecule has 1 amide bonds. The molecule has 0 saturated carbocycles. The average Bonchev–Trinajstić information content (AvgIpc) is 3.13. The third kappa shape index (κ3) is 3.19. The fraction of sp³-hybridized carbons (Fsp3) is 0. The number of rotatable bonds is 4. The van der Waals surface area contributed by atoms with Crippen LogP contribution in [0.5, 0.6) is 0 Å². The van der Waals surface area contributed by atoms with E-state index in [1.165, 1.54) is 18.6 Å². The Bertz CT molecular complexity index is 1180. The molecule has 0 bridgehead atoms. The van der Waals surface area contributed by atoms with Crippen LogP contribution in [0.25, 0.3) is 20.5 Å². The lowest BCUT2D eigenvalue weighted by atomic mass is 10.0. The molecule has 0 spiro atoms. The summed E-state index contributed by atoms with van der Waals surface area (Å²) in [6, 6.07) is 15.2. The lowest BCUT2D eigenvalue weighted by Crippen LogP contribution is -2.14. The van der Waals surface area contributed by atoms with E-state index in [1.54, 1.807) is 23.5 Å². The predicted molar refractivity (Wildman–Crippen MR) is 116 cm³/mol. The van der Waals surface area contributed by atoms with Crippen molar-refractivity contribution < 1.29 is 4.79 Å². The van der Waals surface area contributed by atoms with Crippen LogP contribution in [0.1, 0.15) is 15.9 Å². The molecule has 2 aromatic carbocycles. The molecule has 0 aliphatic carbocycles. The van der Waals surface area contributed by atoms with E-state index >= 15 is 0 Å². The zero-order valence-corrected chi connectivity index (χ0v) is 15.6. The largest absolute Gasteiger partial charge is 0.398 e. The zero-order chi connectivity index (χ0) is 19.7. The number of amides is 1. The van der Waals surface area contributed by atoms with Crippen LogP contribution in [0.4, 0.5) is 17.1 Å². The van der Waals surface area contributed by atoms with Crippen LogP contribution in [0.3, 0.4) is 0 Å². The molecular weight excluding hydrogens is 370 g/mol. The molecule has 28 heavy (non-hydrogen) atoms. The van der Waals surface area contributed by atoms with E-state index < -0.39 is 0 Å². The Morgan fingerprint density at radius 3 is 2.71 bits per heavy atom. The second-order valence-corrected chi connectivity index (χ2v) is 7.32. The van der Waals surface area contributed by atoms with Gasteiger partial charge in [-0.15, -0.1) is 11.3 Å². The normalized spacial score (nSPS) is 10.7. The minimum Gasteiger partial charge on any atom is -0.398 e. The van der Waals surface area contributed by atoms with Crippen molar-refractivity contribution >= 4 is 50.6 Å². The third-order valence-corrected chi connectivity index (χ3v) is 5.56. The number of nitrogen functional groups attached to an aromatic ring is 2. The van der Waals surface area contributed by atoms with Gasteiger partial charge in [0.05, 0.1) is 17.4 Å². The van der Waals surface area contributed by atoms with Gasteiger partial charge in [0.1, 0.15) is 0 Å². The van der Waals surface area contributed by atoms with Crippen LogP contribution in [0.2, 0.25) is 0 Å². The first-order valence-electron chi connectivity index (χ1n) is 8.50. The predicted octanol–water partition coefficient (Wildman–Crippen LogP) is 4.38. The van der Waals surface area contributed by atoms with Crippen molar-refractivity contribution in [2.24, 2.45) is 0 Å². The maximum Gasteiger partial charge on any atom is 0.257 e. The van der Waals surface area contributed by atoms with Gasteiger partial charge in [-0.25, -0.2) is 0 Å². The summed E-state index contributed by atoms with van der Waals surface area (Å²) in [7, 11) is 0. The van der Waals surface area contributed by atoms with E-state index in [1.807, 2.05) is 24.3 Å². The number of nitrogens with two attached hydrogens (primary N) is 2. The van der Waals surface area contributed by atoms with Crippen molar-refractivity contribution in [3.63, 3.8) is 0 Å². The molecule has 0 atom stereocenters. The summed E-state index contributed by atoms with van der Waals surface area (Å²) < 4.78 is 1.15. The summed E-state index contributed by atoms with van der Waals surface area (Å²) in [5, 5.41) is 11.7. The highest BCUT2D eigenvalue weighted by Crippen LogP contribution is 2.39. The van der Waals surface area contributed by atoms with Gasteiger partial charge in [-0.1, -0.05) is 18.2 Å². The summed E-state index contributed by atoms with van der Waals surface area (Å²) >= 11 is 1.61. The molecule has 0 saturated heterocycles. The van der Waals surface area contributed by atoms with E-state index in [2.05, 4.69) is 22.4 Å². The average molecular weight is 387 g/mol. The Morgan fingerprint density at radius 2 is 1.96 bits per heavy atom. The van der Waals surface area contributed by atoms with E-state index in [9.17, 15) is 4.79 Å². The third-order valence-electron chi connectivity index (χ3n) is 4.41. The molecule has 0 aliphatic heterocycles. The number of aromatic nitrogens is 1. The second kappa shape index (κ2) is 7.13. The number of nitrogens with zero attached hydrogens (tertiary/aromatic N) is 1. The molecular formula is C21H17N5OS. The molecule has 7 heteroatoms. The quantitative estimate of drug-likeness (QED) is 0.307. The van der Waals surface area contributed by atoms with Crippen molar-refractivity contribution in [2.45, 2.75) is 0 Å². The Balaban J connectivity index is 1.77. The van der Waals surface area contributed by atoms with Crippen LogP contribution >= 0.6 is 11.3 Å². The topological polar surface area (TPSA) is 118 Å². The van der Waals surface area contributed by atoms with Gasteiger partial charge >= 0.3 is 0 Å². The summed E-state index contributed by atoms with van der Waals surface area (Å²) in [6.07, 6.45) is 4.13. The maximum absolute atomic E-state index is 12.6. The van der Waals surface area contributed by atoms with Gasteiger partial charge in [-0.05, 0) is 35.7 Å². The van der Waals surface area contributed by atoms with Crippen molar-refractivity contribution in [3.8, 4) is 10.4 Å². The number of hydrogen-bond donors (Lipinski definition) is 4. The lowest BCUT2D eigenvalue weighted by Gasteiger charge is -2.12. The molecule has 4 aromatic rings. The van der Waals surface area contributed by atoms with Gasteiger partial charge in [0.15, 0.2) is 0 Å². The first-order chi connectivity index (χ1) is 13.6. The first kappa shape index (κ1) is 17.7. The molecule has 6 nitrogen and oxygen atoms in total. The number of carbonyl (C=O) groups is 1. The number of pyridine rings is 1. The van der Waals surface area contributed by atoms with Crippen molar-refractivity contribution in [1.82, 2.24) is 4.98 Å². The number of benzene rings is 2. The smallest absolute Gasteiger partial charge is 0.257 e. The van der Waals surface area contributed by atoms with Crippen LogP contribution < -0.4 is 16.8 Å². The standard InChI is InChI=1S/C21H17N5OS/c22-10-13-7-14(26-21(27)15-5-6-25-11-17(15)23)9-16(20(13)24)19-8-12-3-1-2-4-18(12)28-19/h1-11,22H,23-24H2,(H,26,27). The molecule has 138 valence electrons. The Labute approximate surface area is 165 Å². The van der Waals surface area contributed by atoms with Crippen molar-refractivity contribution in [2.75, 3.05) is 16.8 Å². The Hall–Kier alpha value is -3.71. The van der Waals surface area contributed by atoms with Gasteiger partial charge in [0, 0.05) is 44.5 Å². The molecule has 2 heterocycles. The molecule has 6 N–H and O–H groups in total. The number of nitrogens with one attached hydrogen (secondary N) is 2. The Kier molecular flexibility index (Phi) is 4.50. The van der Waals surface area contributed by atoms with Crippen LogP contribution in [0.15, 0.2) is 60.9 Å². The summed E-state index contributed by atoms with van der Waals surface area (Å²) in [4.78, 5) is 17.5. The number of fused-ring (bicyclic) bond motifs is 1. The second-order valence-electron chi connectivity index (χ2n) is 6.24. The highest BCUT2D eigenvalue weighted by atomic mass is 32.1. The fourth-order valence-corrected chi connectivity index (χ4v) is 4.09.